The van der Waals surface area contributed by atoms with Crippen molar-refractivity contribution >= 4 is 0 Å². The van der Waals surface area contributed by atoms with E-state index in [9.17, 15) is 0 Å². The van der Waals surface area contributed by atoms with Gasteiger partial charge in [0.1, 0.15) is 6.10 Å². The Morgan fingerprint density at radius 1 is 1.62 bits per heavy atom. The number of hydrogen-bond donors (Lipinski definition) is 0. The maximum atomic E-state index is 5.56. The zero-order valence-corrected chi connectivity index (χ0v) is 7.69. The predicted octanol–water partition coefficient (Wildman–Crippen LogP) is 1.42. The quantitative estimate of drug-likeness (QED) is 0.703. The van der Waals surface area contributed by atoms with Crippen LogP contribution in [0.25, 0.3) is 0 Å². The first-order chi connectivity index (χ1) is 6.38. The topological polar surface area (TPSA) is 31.4 Å². The first-order valence-corrected chi connectivity index (χ1v) is 4.58. The van der Waals surface area contributed by atoms with Gasteiger partial charge in [-0.3, -0.25) is 0 Å². The first-order valence-electron chi connectivity index (χ1n) is 4.58. The molecule has 0 aromatic carbocycles. The van der Waals surface area contributed by atoms with E-state index in [2.05, 4.69) is 11.9 Å². The van der Waals surface area contributed by atoms with Crippen LogP contribution in [0.5, 0.6) is 5.88 Å². The molecule has 3 nitrogen and oxygen atoms in total. The monoisotopic (exact) mass is 179 g/mol. The van der Waals surface area contributed by atoms with Gasteiger partial charge in [-0.05, 0) is 18.1 Å². The Hall–Kier alpha value is -1.09. The molecule has 0 radical (unpaired) electrons. The van der Waals surface area contributed by atoms with Crippen molar-refractivity contribution in [1.82, 2.24) is 4.98 Å². The predicted molar refractivity (Wildman–Crippen MR) is 48.9 cm³/mol. The van der Waals surface area contributed by atoms with Crippen LogP contribution in [0, 0.1) is 0 Å². The fourth-order valence-corrected chi connectivity index (χ4v) is 1.19. The van der Waals surface area contributed by atoms with Crippen LogP contribution in [0.3, 0.4) is 0 Å². The Balaban J connectivity index is 2.01. The summed E-state index contributed by atoms with van der Waals surface area (Å²) in [5, 5.41) is 0. The molecule has 1 aromatic heterocycles. The Morgan fingerprint density at radius 3 is 3.08 bits per heavy atom. The van der Waals surface area contributed by atoms with E-state index in [1.165, 1.54) is 5.56 Å². The molecule has 2 rings (SSSR count). The Labute approximate surface area is 77.7 Å². The molecule has 1 aliphatic rings. The largest absolute Gasteiger partial charge is 0.469 e. The van der Waals surface area contributed by atoms with E-state index >= 15 is 0 Å². The Bertz CT molecular complexity index is 284. The summed E-state index contributed by atoms with van der Waals surface area (Å²) in [4.78, 5) is 4.13. The number of aromatic nitrogens is 1. The summed E-state index contributed by atoms with van der Waals surface area (Å²) in [5.41, 5.74) is 1.25. The van der Waals surface area contributed by atoms with Gasteiger partial charge in [-0.1, -0.05) is 6.92 Å². The highest BCUT2D eigenvalue weighted by molar-refractivity contribution is 5.20. The summed E-state index contributed by atoms with van der Waals surface area (Å²) in [6.07, 6.45) is 3.01. The number of nitrogens with zero attached hydrogens (tertiary/aromatic N) is 1. The molecule has 1 fully saturated rings. The molecule has 0 atom stereocenters. The average Bonchev–Trinajstić information content (AvgIpc) is 2.12. The SMILES string of the molecule is CCc1ccnc(OC2COC2)c1. The van der Waals surface area contributed by atoms with Crippen molar-refractivity contribution in [1.29, 1.82) is 0 Å². The van der Waals surface area contributed by atoms with Gasteiger partial charge < -0.3 is 9.47 Å². The summed E-state index contributed by atoms with van der Waals surface area (Å²) in [5.74, 6) is 0.715. The van der Waals surface area contributed by atoms with Gasteiger partial charge in [0.25, 0.3) is 0 Å². The number of hydrogen-bond acceptors (Lipinski definition) is 3. The van der Waals surface area contributed by atoms with Crippen molar-refractivity contribution in [2.45, 2.75) is 19.4 Å². The molecule has 70 valence electrons. The van der Waals surface area contributed by atoms with Gasteiger partial charge in [0.15, 0.2) is 0 Å². The molecule has 3 heteroatoms. The summed E-state index contributed by atoms with van der Waals surface area (Å²) in [7, 11) is 0. The lowest BCUT2D eigenvalue weighted by molar-refractivity contribution is -0.0813. The van der Waals surface area contributed by atoms with Crippen molar-refractivity contribution in [2.75, 3.05) is 13.2 Å². The van der Waals surface area contributed by atoms with Crippen LogP contribution < -0.4 is 4.74 Å². The number of pyridine rings is 1. The van der Waals surface area contributed by atoms with E-state index in [1.807, 2.05) is 12.1 Å². The molecule has 0 spiro atoms. The highest BCUT2D eigenvalue weighted by Gasteiger charge is 2.20. The van der Waals surface area contributed by atoms with Crippen molar-refractivity contribution < 1.29 is 9.47 Å². The van der Waals surface area contributed by atoms with Gasteiger partial charge >= 0.3 is 0 Å². The van der Waals surface area contributed by atoms with Gasteiger partial charge in [0, 0.05) is 12.3 Å². The molecule has 0 saturated carbocycles. The lowest BCUT2D eigenvalue weighted by Gasteiger charge is -2.26. The van der Waals surface area contributed by atoms with E-state index in [1.54, 1.807) is 6.20 Å². The number of aryl methyl sites for hydroxylation is 1. The minimum atomic E-state index is 0.208. The van der Waals surface area contributed by atoms with E-state index in [0.717, 1.165) is 6.42 Å². The van der Waals surface area contributed by atoms with Gasteiger partial charge in [0.2, 0.25) is 5.88 Å². The fourth-order valence-electron chi connectivity index (χ4n) is 1.19. The molecule has 0 N–H and O–H groups in total. The molecular formula is C10H13NO2. The maximum absolute atomic E-state index is 5.56. The maximum Gasteiger partial charge on any atom is 0.213 e. The molecule has 0 amide bonds. The van der Waals surface area contributed by atoms with Crippen LogP contribution in [0.15, 0.2) is 18.3 Å². The second-order valence-corrected chi connectivity index (χ2v) is 3.13. The minimum Gasteiger partial charge on any atom is -0.469 e. The third-order valence-electron chi connectivity index (χ3n) is 2.10. The van der Waals surface area contributed by atoms with Gasteiger partial charge in [0.05, 0.1) is 13.2 Å². The first kappa shape index (κ1) is 8.51. The standard InChI is InChI=1S/C10H13NO2/c1-2-8-3-4-11-10(5-8)13-9-6-12-7-9/h3-5,9H,2,6-7H2,1H3. The molecule has 0 unspecified atom stereocenters. The second-order valence-electron chi connectivity index (χ2n) is 3.13. The molecule has 2 heterocycles. The number of rotatable bonds is 3. The molecule has 1 saturated heterocycles. The summed E-state index contributed by atoms with van der Waals surface area (Å²) in [6.45, 7) is 3.50. The highest BCUT2D eigenvalue weighted by atomic mass is 16.6. The smallest absolute Gasteiger partial charge is 0.213 e. The van der Waals surface area contributed by atoms with Gasteiger partial charge in [-0.15, -0.1) is 0 Å². The van der Waals surface area contributed by atoms with Crippen molar-refractivity contribution in [2.24, 2.45) is 0 Å². The van der Waals surface area contributed by atoms with Crippen molar-refractivity contribution in [3.05, 3.63) is 23.9 Å². The van der Waals surface area contributed by atoms with E-state index in [0.29, 0.717) is 19.1 Å². The number of ether oxygens (including phenoxy) is 2. The minimum absolute atomic E-state index is 0.208. The van der Waals surface area contributed by atoms with Crippen LogP contribution >= 0.6 is 0 Å². The van der Waals surface area contributed by atoms with Crippen LogP contribution in [0.1, 0.15) is 12.5 Å². The second kappa shape index (κ2) is 3.75. The lowest BCUT2D eigenvalue weighted by Crippen LogP contribution is -2.38. The fraction of sp³-hybridized carbons (Fsp3) is 0.500. The van der Waals surface area contributed by atoms with Crippen molar-refractivity contribution in [3.8, 4) is 5.88 Å². The molecule has 1 aliphatic heterocycles. The molecule has 13 heavy (non-hydrogen) atoms. The molecule has 0 bridgehead atoms. The van der Waals surface area contributed by atoms with Gasteiger partial charge in [-0.2, -0.15) is 0 Å². The third-order valence-corrected chi connectivity index (χ3v) is 2.10. The average molecular weight is 179 g/mol. The van der Waals surface area contributed by atoms with E-state index in [4.69, 9.17) is 9.47 Å². The van der Waals surface area contributed by atoms with E-state index < -0.39 is 0 Å². The zero-order valence-electron chi connectivity index (χ0n) is 7.69. The molecule has 0 aliphatic carbocycles. The highest BCUT2D eigenvalue weighted by Crippen LogP contribution is 2.14. The van der Waals surface area contributed by atoms with Crippen LogP contribution in [0.4, 0.5) is 0 Å². The normalized spacial score (nSPS) is 16.7. The van der Waals surface area contributed by atoms with Crippen molar-refractivity contribution in [3.63, 3.8) is 0 Å². The summed E-state index contributed by atoms with van der Waals surface area (Å²) in [6, 6.07) is 3.99. The lowest BCUT2D eigenvalue weighted by atomic mass is 10.2. The zero-order chi connectivity index (χ0) is 9.10. The molecular weight excluding hydrogens is 166 g/mol. The molecule has 1 aromatic rings. The van der Waals surface area contributed by atoms with Gasteiger partial charge in [-0.25, -0.2) is 4.98 Å². The Morgan fingerprint density at radius 2 is 2.46 bits per heavy atom. The summed E-state index contributed by atoms with van der Waals surface area (Å²) >= 11 is 0. The Kier molecular flexibility index (Phi) is 2.45. The van der Waals surface area contributed by atoms with E-state index in [-0.39, 0.29) is 6.10 Å². The summed E-state index contributed by atoms with van der Waals surface area (Å²) < 4.78 is 10.6. The van der Waals surface area contributed by atoms with Crippen LogP contribution in [-0.4, -0.2) is 24.3 Å². The van der Waals surface area contributed by atoms with Crippen LogP contribution in [0.2, 0.25) is 0 Å². The van der Waals surface area contributed by atoms with Crippen LogP contribution in [-0.2, 0) is 11.2 Å². The third kappa shape index (κ3) is 1.98.